The van der Waals surface area contributed by atoms with Crippen molar-refractivity contribution < 1.29 is 14.7 Å². The van der Waals surface area contributed by atoms with Crippen LogP contribution in [0.5, 0.6) is 0 Å². The van der Waals surface area contributed by atoms with Crippen molar-refractivity contribution in [2.45, 2.75) is 19.4 Å². The van der Waals surface area contributed by atoms with Crippen molar-refractivity contribution in [2.75, 3.05) is 13.1 Å². The summed E-state index contributed by atoms with van der Waals surface area (Å²) in [5.41, 5.74) is 5.37. The quantitative estimate of drug-likeness (QED) is 0.807. The van der Waals surface area contributed by atoms with E-state index >= 15 is 0 Å². The Morgan fingerprint density at radius 1 is 1.50 bits per heavy atom. The van der Waals surface area contributed by atoms with Crippen LogP contribution in [0.4, 0.5) is 0 Å². The first-order valence-electron chi connectivity index (χ1n) is 6.56. The first-order chi connectivity index (χ1) is 9.54. The number of aliphatic carboxylic acids is 1. The van der Waals surface area contributed by atoms with Crippen LogP contribution < -0.4 is 5.73 Å². The highest BCUT2D eigenvalue weighted by Gasteiger charge is 2.23. The minimum atomic E-state index is -0.944. The third kappa shape index (κ3) is 4.18. The van der Waals surface area contributed by atoms with Crippen molar-refractivity contribution >= 4 is 29.3 Å². The fraction of sp³-hybridized carbons (Fsp3) is 0.429. The van der Waals surface area contributed by atoms with E-state index in [9.17, 15) is 9.59 Å². The van der Waals surface area contributed by atoms with Gasteiger partial charge in [-0.1, -0.05) is 0 Å². The molecule has 0 radical (unpaired) electrons. The molecule has 3 N–H and O–H groups in total. The molecule has 1 aromatic heterocycles. The lowest BCUT2D eigenvalue weighted by molar-refractivity contribution is -0.131. The van der Waals surface area contributed by atoms with Crippen LogP contribution in [0, 0.1) is 5.92 Å². The number of rotatable bonds is 5. The highest BCUT2D eigenvalue weighted by molar-refractivity contribution is 7.12. The first kappa shape index (κ1) is 14.7. The number of carboxylic acids is 1. The molecule has 2 heterocycles. The lowest BCUT2D eigenvalue weighted by atomic mass is 9.97. The van der Waals surface area contributed by atoms with Crippen LogP contribution in [0.15, 0.2) is 18.2 Å². The number of carbonyl (C=O) groups excluding carboxylic acids is 1. The summed E-state index contributed by atoms with van der Waals surface area (Å²) in [5, 5.41) is 8.59. The molecule has 0 spiro atoms. The molecule has 6 heteroatoms. The summed E-state index contributed by atoms with van der Waals surface area (Å²) in [6, 6.07) is 3.91. The minimum Gasteiger partial charge on any atom is -0.478 e. The standard InChI is InChI=1S/C14H18N2O3S/c15-14(19)10-2-1-7-16(8-10)9-12-4-3-11(20-12)5-6-13(17)18/h3-6,10H,1-2,7-9H2,(H2,15,19)(H,17,18). The summed E-state index contributed by atoms with van der Waals surface area (Å²) < 4.78 is 0. The second kappa shape index (κ2) is 6.67. The molecular weight excluding hydrogens is 276 g/mol. The lowest BCUT2D eigenvalue weighted by Crippen LogP contribution is -2.40. The van der Waals surface area contributed by atoms with Crippen molar-refractivity contribution in [3.63, 3.8) is 0 Å². The molecule has 2 rings (SSSR count). The Kier molecular flexibility index (Phi) is 4.92. The maximum absolute atomic E-state index is 11.2. The number of amides is 1. The number of nitrogens with two attached hydrogens (primary N) is 1. The van der Waals surface area contributed by atoms with Crippen molar-refractivity contribution in [1.82, 2.24) is 4.90 Å². The number of nitrogens with zero attached hydrogens (tertiary/aromatic N) is 1. The molecule has 1 saturated heterocycles. The number of primary amides is 1. The Morgan fingerprint density at radius 3 is 3.00 bits per heavy atom. The number of hydrogen-bond donors (Lipinski definition) is 2. The van der Waals surface area contributed by atoms with E-state index in [0.717, 1.165) is 36.9 Å². The van der Waals surface area contributed by atoms with Gasteiger partial charge in [-0.15, -0.1) is 11.3 Å². The van der Waals surface area contributed by atoms with Crippen LogP contribution in [0.1, 0.15) is 22.6 Å². The smallest absolute Gasteiger partial charge is 0.328 e. The van der Waals surface area contributed by atoms with E-state index in [1.165, 1.54) is 4.88 Å². The van der Waals surface area contributed by atoms with E-state index in [1.807, 2.05) is 12.1 Å². The second-order valence-corrected chi connectivity index (χ2v) is 6.15. The van der Waals surface area contributed by atoms with Gasteiger partial charge in [-0.05, 0) is 37.6 Å². The number of hydrogen-bond acceptors (Lipinski definition) is 4. The van der Waals surface area contributed by atoms with Crippen LogP contribution in [-0.4, -0.2) is 35.0 Å². The van der Waals surface area contributed by atoms with E-state index in [0.29, 0.717) is 6.54 Å². The van der Waals surface area contributed by atoms with Crippen LogP contribution in [0.3, 0.4) is 0 Å². The normalized spacial score (nSPS) is 20.3. The van der Waals surface area contributed by atoms with Gasteiger partial charge in [0.05, 0.1) is 5.92 Å². The summed E-state index contributed by atoms with van der Waals surface area (Å²) in [6.45, 7) is 2.48. The number of carbonyl (C=O) groups is 2. The van der Waals surface area contributed by atoms with E-state index in [4.69, 9.17) is 10.8 Å². The number of carboxylic acid groups (broad SMARTS) is 1. The first-order valence-corrected chi connectivity index (χ1v) is 7.37. The third-order valence-electron chi connectivity index (χ3n) is 3.36. The summed E-state index contributed by atoms with van der Waals surface area (Å²) >= 11 is 1.57. The van der Waals surface area contributed by atoms with Crippen LogP contribution in [0.2, 0.25) is 0 Å². The molecule has 0 aliphatic carbocycles. The minimum absolute atomic E-state index is 0.0462. The van der Waals surface area contributed by atoms with Gasteiger partial charge >= 0.3 is 5.97 Å². The second-order valence-electron chi connectivity index (χ2n) is 4.95. The van der Waals surface area contributed by atoms with Gasteiger partial charge in [0.25, 0.3) is 0 Å². The molecule has 1 unspecified atom stereocenters. The van der Waals surface area contributed by atoms with Gasteiger partial charge in [-0.25, -0.2) is 4.79 Å². The van der Waals surface area contributed by atoms with Gasteiger partial charge in [0.15, 0.2) is 0 Å². The molecule has 1 atom stereocenters. The summed E-state index contributed by atoms with van der Waals surface area (Å²) in [7, 11) is 0. The summed E-state index contributed by atoms with van der Waals surface area (Å²) in [5.74, 6) is -1.21. The Balaban J connectivity index is 1.93. The van der Waals surface area contributed by atoms with E-state index in [2.05, 4.69) is 4.90 Å². The maximum Gasteiger partial charge on any atom is 0.328 e. The Morgan fingerprint density at radius 2 is 2.30 bits per heavy atom. The molecule has 1 aliphatic heterocycles. The molecular formula is C14H18N2O3S. The van der Waals surface area contributed by atoms with Gasteiger partial charge in [-0.3, -0.25) is 9.69 Å². The largest absolute Gasteiger partial charge is 0.478 e. The van der Waals surface area contributed by atoms with E-state index in [1.54, 1.807) is 17.4 Å². The number of piperidine rings is 1. The van der Waals surface area contributed by atoms with Crippen molar-refractivity contribution in [1.29, 1.82) is 0 Å². The lowest BCUT2D eigenvalue weighted by Gasteiger charge is -2.30. The topological polar surface area (TPSA) is 83.6 Å². The molecule has 0 bridgehead atoms. The highest BCUT2D eigenvalue weighted by atomic mass is 32.1. The monoisotopic (exact) mass is 294 g/mol. The highest BCUT2D eigenvalue weighted by Crippen LogP contribution is 2.23. The average Bonchev–Trinajstić information content (AvgIpc) is 2.84. The third-order valence-corrected chi connectivity index (χ3v) is 4.40. The molecule has 1 fully saturated rings. The molecule has 108 valence electrons. The van der Waals surface area contributed by atoms with E-state index in [-0.39, 0.29) is 11.8 Å². The van der Waals surface area contributed by atoms with Gasteiger partial charge in [0.2, 0.25) is 5.91 Å². The fourth-order valence-electron chi connectivity index (χ4n) is 2.37. The van der Waals surface area contributed by atoms with Gasteiger partial charge in [-0.2, -0.15) is 0 Å². The predicted molar refractivity (Wildman–Crippen MR) is 78.2 cm³/mol. The zero-order valence-electron chi connectivity index (χ0n) is 11.1. The van der Waals surface area contributed by atoms with Crippen LogP contribution in [-0.2, 0) is 16.1 Å². The number of thiophene rings is 1. The molecule has 5 nitrogen and oxygen atoms in total. The molecule has 1 aromatic rings. The van der Waals surface area contributed by atoms with Crippen LogP contribution in [0.25, 0.3) is 6.08 Å². The number of likely N-dealkylation sites (tertiary alicyclic amines) is 1. The van der Waals surface area contributed by atoms with Crippen molar-refractivity contribution in [2.24, 2.45) is 11.7 Å². The average molecular weight is 294 g/mol. The van der Waals surface area contributed by atoms with Crippen LogP contribution >= 0.6 is 11.3 Å². The van der Waals surface area contributed by atoms with Crippen molar-refractivity contribution in [3.05, 3.63) is 28.0 Å². The predicted octanol–water partition coefficient (Wildman–Crippen LogP) is 1.54. The molecule has 0 saturated carbocycles. The van der Waals surface area contributed by atoms with Gasteiger partial charge in [0, 0.05) is 28.9 Å². The Bertz CT molecular complexity index is 524. The zero-order valence-corrected chi connectivity index (χ0v) is 11.9. The molecule has 20 heavy (non-hydrogen) atoms. The summed E-state index contributed by atoms with van der Waals surface area (Å²) in [4.78, 5) is 26.0. The SMILES string of the molecule is NC(=O)C1CCCN(Cc2ccc(C=CC(=O)O)s2)C1. The zero-order chi connectivity index (χ0) is 14.5. The Labute approximate surface area is 121 Å². The Hall–Kier alpha value is -1.66. The molecule has 1 amide bonds. The molecule has 0 aromatic carbocycles. The maximum atomic E-state index is 11.2. The van der Waals surface area contributed by atoms with Crippen molar-refractivity contribution in [3.8, 4) is 0 Å². The fourth-order valence-corrected chi connectivity index (χ4v) is 3.33. The van der Waals surface area contributed by atoms with E-state index < -0.39 is 5.97 Å². The molecule has 1 aliphatic rings. The van der Waals surface area contributed by atoms with Gasteiger partial charge < -0.3 is 10.8 Å². The van der Waals surface area contributed by atoms with Gasteiger partial charge in [0.1, 0.15) is 0 Å². The summed E-state index contributed by atoms with van der Waals surface area (Å²) in [6.07, 6.45) is 4.60.